The minimum Gasteiger partial charge on any atom is -0.330 e. The molecule has 144 valence electrons. The Morgan fingerprint density at radius 2 is 1.59 bits per heavy atom. The lowest BCUT2D eigenvalue weighted by molar-refractivity contribution is 0.631. The Bertz CT molecular complexity index is 1130. The first kappa shape index (κ1) is 20.5. The second-order valence-corrected chi connectivity index (χ2v) is 6.68. The third-order valence-electron chi connectivity index (χ3n) is 4.76. The van der Waals surface area contributed by atoms with Crippen LogP contribution >= 0.6 is 17.0 Å². The molecular weight excluding hydrogens is 429 g/mol. The molecule has 0 N–H and O–H groups in total. The molecule has 3 aromatic carbocycles. The van der Waals surface area contributed by atoms with Gasteiger partial charge in [0.1, 0.15) is 5.82 Å². The van der Waals surface area contributed by atoms with E-state index in [4.69, 9.17) is 5.26 Å². The van der Waals surface area contributed by atoms with Crippen molar-refractivity contribution in [1.29, 1.82) is 5.26 Å². The first-order chi connectivity index (χ1) is 13.7. The Morgan fingerprint density at radius 1 is 0.897 bits per heavy atom. The molecule has 0 amide bonds. The van der Waals surface area contributed by atoms with E-state index in [1.54, 1.807) is 12.1 Å². The van der Waals surface area contributed by atoms with Crippen LogP contribution in [0.2, 0.25) is 0 Å². The van der Waals surface area contributed by atoms with Crippen LogP contribution in [0.15, 0.2) is 85.3 Å². The third-order valence-corrected chi connectivity index (χ3v) is 4.76. The van der Waals surface area contributed by atoms with Crippen molar-refractivity contribution < 1.29 is 4.39 Å². The van der Waals surface area contributed by atoms with Crippen LogP contribution in [0.1, 0.15) is 22.4 Å². The quantitative estimate of drug-likeness (QED) is 0.389. The highest BCUT2D eigenvalue weighted by molar-refractivity contribution is 8.93. The van der Waals surface area contributed by atoms with Crippen molar-refractivity contribution in [3.63, 3.8) is 0 Å². The van der Waals surface area contributed by atoms with Crippen molar-refractivity contribution in [2.75, 3.05) is 0 Å². The predicted molar refractivity (Wildman–Crippen MR) is 117 cm³/mol. The van der Waals surface area contributed by atoms with Gasteiger partial charge < -0.3 is 4.57 Å². The number of benzene rings is 3. The van der Waals surface area contributed by atoms with Gasteiger partial charge in [0.05, 0.1) is 18.0 Å². The summed E-state index contributed by atoms with van der Waals surface area (Å²) in [6.45, 7) is 0.698. The van der Waals surface area contributed by atoms with E-state index in [9.17, 15) is 4.39 Å². The zero-order valence-corrected chi connectivity index (χ0v) is 17.3. The number of halogens is 2. The van der Waals surface area contributed by atoms with Crippen molar-refractivity contribution in [2.24, 2.45) is 0 Å². The molecule has 3 nitrogen and oxygen atoms in total. The Labute approximate surface area is 179 Å². The van der Waals surface area contributed by atoms with Gasteiger partial charge in [-0.2, -0.15) is 5.26 Å². The molecule has 0 unspecified atom stereocenters. The van der Waals surface area contributed by atoms with Gasteiger partial charge in [-0.15, -0.1) is 17.0 Å². The molecule has 0 saturated carbocycles. The van der Waals surface area contributed by atoms with Crippen molar-refractivity contribution >= 4 is 17.0 Å². The number of hydrogen-bond acceptors (Lipinski definition) is 2. The maximum Gasteiger partial charge on any atom is 0.131 e. The smallest absolute Gasteiger partial charge is 0.131 e. The second-order valence-electron chi connectivity index (χ2n) is 6.68. The lowest BCUT2D eigenvalue weighted by atomic mass is 10.0. The molecule has 1 aromatic heterocycles. The normalized spacial score (nSPS) is 10.2. The molecule has 0 aliphatic carbocycles. The Balaban J connectivity index is 0.00000240. The maximum atomic E-state index is 14.0. The molecule has 0 saturated heterocycles. The Hall–Kier alpha value is -3.23. The lowest BCUT2D eigenvalue weighted by Crippen LogP contribution is -2.04. The maximum absolute atomic E-state index is 14.0. The first-order valence-corrected chi connectivity index (χ1v) is 9.05. The van der Waals surface area contributed by atoms with Crippen LogP contribution in [0, 0.1) is 17.1 Å². The molecule has 0 bridgehead atoms. The first-order valence-electron chi connectivity index (χ1n) is 9.05. The van der Waals surface area contributed by atoms with Crippen molar-refractivity contribution in [3.8, 4) is 17.2 Å². The number of hydrogen-bond donors (Lipinski definition) is 0. The molecule has 29 heavy (non-hydrogen) atoms. The van der Waals surface area contributed by atoms with Gasteiger partial charge in [-0.3, -0.25) is 0 Å². The second kappa shape index (κ2) is 9.31. The SMILES string of the molecule is Br.N#Cc1ccc(Cc2cncn2Cc2ccc(-c3ccccc3F)cc2)cc1. The van der Waals surface area contributed by atoms with E-state index in [-0.39, 0.29) is 22.8 Å². The molecule has 4 aromatic rings. The van der Waals surface area contributed by atoms with E-state index >= 15 is 0 Å². The largest absolute Gasteiger partial charge is 0.330 e. The van der Waals surface area contributed by atoms with Crippen LogP contribution in [-0.4, -0.2) is 9.55 Å². The van der Waals surface area contributed by atoms with E-state index in [1.165, 1.54) is 6.07 Å². The zero-order valence-electron chi connectivity index (χ0n) is 15.6. The van der Waals surface area contributed by atoms with Gasteiger partial charge in [0.25, 0.3) is 0 Å². The average molecular weight is 448 g/mol. The highest BCUT2D eigenvalue weighted by Crippen LogP contribution is 2.23. The summed E-state index contributed by atoms with van der Waals surface area (Å²) >= 11 is 0. The third kappa shape index (κ3) is 4.79. The van der Waals surface area contributed by atoms with Gasteiger partial charge in [-0.1, -0.05) is 54.6 Å². The van der Waals surface area contributed by atoms with Gasteiger partial charge >= 0.3 is 0 Å². The minimum atomic E-state index is -0.213. The van der Waals surface area contributed by atoms with Crippen LogP contribution in [0.5, 0.6) is 0 Å². The minimum absolute atomic E-state index is 0. The predicted octanol–water partition coefficient (Wildman–Crippen LogP) is 5.78. The van der Waals surface area contributed by atoms with Crippen LogP contribution in [0.4, 0.5) is 4.39 Å². The van der Waals surface area contributed by atoms with E-state index in [0.29, 0.717) is 17.7 Å². The summed E-state index contributed by atoms with van der Waals surface area (Å²) in [6, 6.07) is 24.5. The number of nitrogens with zero attached hydrogens (tertiary/aromatic N) is 3. The summed E-state index contributed by atoms with van der Waals surface area (Å²) in [7, 11) is 0. The molecule has 0 radical (unpaired) electrons. The van der Waals surface area contributed by atoms with Crippen molar-refractivity contribution in [2.45, 2.75) is 13.0 Å². The van der Waals surface area contributed by atoms with E-state index in [2.05, 4.69) is 15.6 Å². The van der Waals surface area contributed by atoms with Crippen LogP contribution in [-0.2, 0) is 13.0 Å². The van der Waals surface area contributed by atoms with Crippen LogP contribution in [0.25, 0.3) is 11.1 Å². The summed E-state index contributed by atoms with van der Waals surface area (Å²) < 4.78 is 16.1. The fraction of sp³-hybridized carbons (Fsp3) is 0.0833. The van der Waals surface area contributed by atoms with Crippen molar-refractivity contribution in [1.82, 2.24) is 9.55 Å². The summed E-state index contributed by atoms with van der Waals surface area (Å²) in [5, 5.41) is 8.92. The van der Waals surface area contributed by atoms with Gasteiger partial charge in [-0.25, -0.2) is 9.37 Å². The average Bonchev–Trinajstić information content (AvgIpc) is 3.16. The van der Waals surface area contributed by atoms with Crippen molar-refractivity contribution in [3.05, 3.63) is 114 Å². The van der Waals surface area contributed by atoms with E-state index in [1.807, 2.05) is 67.1 Å². The van der Waals surface area contributed by atoms with Gasteiger partial charge in [0.2, 0.25) is 0 Å². The number of aromatic nitrogens is 2. The van der Waals surface area contributed by atoms with Crippen LogP contribution < -0.4 is 0 Å². The number of imidazole rings is 1. The molecule has 0 spiro atoms. The van der Waals surface area contributed by atoms with E-state index < -0.39 is 0 Å². The standard InChI is InChI=1S/C24H18FN3.BrH/c25-24-4-2-1-3-23(24)21-11-9-20(10-12-21)16-28-17-27-15-22(28)13-18-5-7-19(14-26)8-6-18;/h1-12,15,17H,13,16H2;1H. The molecule has 5 heteroatoms. The molecule has 0 fully saturated rings. The van der Waals surface area contributed by atoms with Gasteiger partial charge in [0, 0.05) is 30.4 Å². The molecule has 0 aliphatic rings. The summed E-state index contributed by atoms with van der Waals surface area (Å²) in [4.78, 5) is 4.29. The Morgan fingerprint density at radius 3 is 2.28 bits per heavy atom. The van der Waals surface area contributed by atoms with E-state index in [0.717, 1.165) is 28.8 Å². The summed E-state index contributed by atoms with van der Waals surface area (Å²) in [6.07, 6.45) is 4.44. The fourth-order valence-corrected chi connectivity index (χ4v) is 3.23. The fourth-order valence-electron chi connectivity index (χ4n) is 3.23. The molecule has 1 heterocycles. The summed E-state index contributed by atoms with van der Waals surface area (Å²) in [5.41, 5.74) is 5.49. The molecule has 0 aliphatic heterocycles. The monoisotopic (exact) mass is 447 g/mol. The molecule has 4 rings (SSSR count). The molecular formula is C24H19BrFN3. The number of rotatable bonds is 5. The number of nitriles is 1. The highest BCUT2D eigenvalue weighted by Gasteiger charge is 2.07. The zero-order chi connectivity index (χ0) is 19.3. The van der Waals surface area contributed by atoms with Gasteiger partial charge in [0.15, 0.2) is 0 Å². The highest BCUT2D eigenvalue weighted by atomic mass is 79.9. The van der Waals surface area contributed by atoms with Crippen LogP contribution in [0.3, 0.4) is 0 Å². The van der Waals surface area contributed by atoms with Gasteiger partial charge in [-0.05, 0) is 34.9 Å². The lowest BCUT2D eigenvalue weighted by Gasteiger charge is -2.10. The molecule has 0 atom stereocenters. The summed E-state index contributed by atoms with van der Waals surface area (Å²) in [5.74, 6) is -0.213. The topological polar surface area (TPSA) is 41.6 Å². The Kier molecular flexibility index (Phi) is 6.58.